The molecule has 4 rings (SSSR count). The van der Waals surface area contributed by atoms with E-state index in [-0.39, 0.29) is 11.9 Å². The van der Waals surface area contributed by atoms with E-state index < -0.39 is 0 Å². The second-order valence-corrected chi connectivity index (χ2v) is 7.99. The van der Waals surface area contributed by atoms with Crippen LogP contribution in [0.3, 0.4) is 0 Å². The minimum atomic E-state index is -0.145. The van der Waals surface area contributed by atoms with Gasteiger partial charge < -0.3 is 15.0 Å². The molecular formula is C23H23N3O3S. The summed E-state index contributed by atoms with van der Waals surface area (Å²) in [6, 6.07) is 18.8. The van der Waals surface area contributed by atoms with Crippen LogP contribution in [0.1, 0.15) is 21.7 Å². The van der Waals surface area contributed by atoms with E-state index in [4.69, 9.17) is 4.74 Å². The molecule has 3 aromatic rings. The molecule has 7 heteroatoms. The molecule has 0 saturated carbocycles. The van der Waals surface area contributed by atoms with Crippen molar-refractivity contribution >= 4 is 34.6 Å². The first-order chi connectivity index (χ1) is 14.6. The number of nitrogens with one attached hydrogen (secondary N) is 1. The van der Waals surface area contributed by atoms with E-state index >= 15 is 0 Å². The number of amides is 3. The van der Waals surface area contributed by atoms with Crippen LogP contribution < -0.4 is 15.0 Å². The van der Waals surface area contributed by atoms with E-state index in [0.29, 0.717) is 23.7 Å². The number of methoxy groups -OCH3 is 1. The number of carbonyl (C=O) groups is 2. The molecule has 0 bridgehead atoms. The van der Waals surface area contributed by atoms with Gasteiger partial charge in [-0.25, -0.2) is 4.79 Å². The van der Waals surface area contributed by atoms with Crippen LogP contribution in [0.15, 0.2) is 66.0 Å². The van der Waals surface area contributed by atoms with Crippen molar-refractivity contribution in [3.63, 3.8) is 0 Å². The number of nitrogens with zero attached hydrogens (tertiary/aromatic N) is 2. The molecule has 1 N–H and O–H groups in total. The van der Waals surface area contributed by atoms with Gasteiger partial charge in [0.2, 0.25) is 0 Å². The Morgan fingerprint density at radius 2 is 1.93 bits per heavy atom. The zero-order chi connectivity index (χ0) is 20.9. The predicted octanol–water partition coefficient (Wildman–Crippen LogP) is 4.84. The second kappa shape index (κ2) is 9.00. The van der Waals surface area contributed by atoms with Crippen molar-refractivity contribution in [1.82, 2.24) is 4.90 Å². The van der Waals surface area contributed by atoms with Gasteiger partial charge in [-0.05, 0) is 53.8 Å². The van der Waals surface area contributed by atoms with E-state index in [1.54, 1.807) is 18.1 Å². The highest BCUT2D eigenvalue weighted by Crippen LogP contribution is 2.25. The Morgan fingerprint density at radius 3 is 2.67 bits per heavy atom. The van der Waals surface area contributed by atoms with Gasteiger partial charge in [-0.2, -0.15) is 0 Å². The van der Waals surface area contributed by atoms with E-state index in [2.05, 4.69) is 5.32 Å². The Bertz CT molecular complexity index is 1020. The first-order valence-corrected chi connectivity index (χ1v) is 10.7. The van der Waals surface area contributed by atoms with Gasteiger partial charge in [-0.3, -0.25) is 9.69 Å². The van der Waals surface area contributed by atoms with Crippen molar-refractivity contribution in [2.75, 3.05) is 30.4 Å². The summed E-state index contributed by atoms with van der Waals surface area (Å²) in [4.78, 5) is 29.7. The molecule has 0 spiro atoms. The van der Waals surface area contributed by atoms with Gasteiger partial charge in [-0.15, -0.1) is 11.3 Å². The number of hydrogen-bond acceptors (Lipinski definition) is 4. The summed E-state index contributed by atoms with van der Waals surface area (Å²) in [7, 11) is 1.64. The number of ether oxygens (including phenoxy) is 1. The minimum absolute atomic E-state index is 0.0289. The third kappa shape index (κ3) is 4.46. The smallest absolute Gasteiger partial charge is 0.324 e. The average molecular weight is 422 g/mol. The highest BCUT2D eigenvalue weighted by Gasteiger charge is 2.27. The van der Waals surface area contributed by atoms with Gasteiger partial charge in [0, 0.05) is 31.0 Å². The molecule has 1 saturated heterocycles. The number of hydrogen-bond donors (Lipinski definition) is 1. The van der Waals surface area contributed by atoms with Crippen molar-refractivity contribution in [3.8, 4) is 5.75 Å². The van der Waals surface area contributed by atoms with Crippen LogP contribution in [-0.4, -0.2) is 37.0 Å². The molecule has 0 unspecified atom stereocenters. The Balaban J connectivity index is 1.46. The molecule has 154 valence electrons. The number of rotatable bonds is 6. The third-order valence-corrected chi connectivity index (χ3v) is 5.87. The van der Waals surface area contributed by atoms with Crippen LogP contribution in [0.5, 0.6) is 5.75 Å². The number of anilines is 2. The Hall–Kier alpha value is -3.32. The monoisotopic (exact) mass is 421 g/mol. The molecule has 1 aliphatic rings. The molecule has 30 heavy (non-hydrogen) atoms. The lowest BCUT2D eigenvalue weighted by molar-refractivity contribution is 0.103. The first-order valence-electron chi connectivity index (χ1n) is 9.78. The Labute approximate surface area is 179 Å². The zero-order valence-corrected chi connectivity index (χ0v) is 17.5. The molecule has 2 aromatic carbocycles. The molecule has 0 atom stereocenters. The molecule has 1 aromatic heterocycles. The molecule has 0 aliphatic carbocycles. The van der Waals surface area contributed by atoms with Crippen LogP contribution in [0.4, 0.5) is 16.2 Å². The first kappa shape index (κ1) is 20.0. The highest BCUT2D eigenvalue weighted by molar-refractivity contribution is 7.12. The fraction of sp³-hybridized carbons (Fsp3) is 0.217. The number of carbonyl (C=O) groups excluding carboxylic acids is 2. The number of thiophene rings is 1. The topological polar surface area (TPSA) is 61.9 Å². The minimum Gasteiger partial charge on any atom is -0.497 e. The standard InChI is InChI=1S/C23H23N3O3S/c1-29-20-10-8-17(9-11-20)16-25-12-4-13-26(23(25)28)19-6-2-5-18(15-19)24-22(27)21-7-3-14-30-21/h2-3,5-11,14-15H,4,12-13,16H2,1H3,(H,24,27). The van der Waals surface area contributed by atoms with Gasteiger partial charge >= 0.3 is 6.03 Å². The summed E-state index contributed by atoms with van der Waals surface area (Å²) < 4.78 is 5.20. The summed E-state index contributed by atoms with van der Waals surface area (Å²) in [5.74, 6) is 0.653. The van der Waals surface area contributed by atoms with Gasteiger partial charge in [0.25, 0.3) is 5.91 Å². The lowest BCUT2D eigenvalue weighted by Gasteiger charge is -2.36. The summed E-state index contributed by atoms with van der Waals surface area (Å²) in [6.07, 6.45) is 0.883. The average Bonchev–Trinajstić information content (AvgIpc) is 3.31. The van der Waals surface area contributed by atoms with Crippen LogP contribution in [0.2, 0.25) is 0 Å². The molecule has 2 heterocycles. The Kier molecular flexibility index (Phi) is 5.99. The van der Waals surface area contributed by atoms with E-state index in [9.17, 15) is 9.59 Å². The van der Waals surface area contributed by atoms with Crippen molar-refractivity contribution in [2.45, 2.75) is 13.0 Å². The van der Waals surface area contributed by atoms with Crippen LogP contribution in [0.25, 0.3) is 0 Å². The summed E-state index contributed by atoms with van der Waals surface area (Å²) in [5, 5.41) is 4.78. The van der Waals surface area contributed by atoms with Gasteiger partial charge in [0.1, 0.15) is 5.75 Å². The molecule has 6 nitrogen and oxygen atoms in total. The second-order valence-electron chi connectivity index (χ2n) is 7.04. The highest BCUT2D eigenvalue weighted by atomic mass is 32.1. The SMILES string of the molecule is COc1ccc(CN2CCCN(c3cccc(NC(=O)c4cccs4)c3)C2=O)cc1. The normalized spacial score (nSPS) is 14.0. The maximum Gasteiger partial charge on any atom is 0.324 e. The molecule has 1 aliphatic heterocycles. The van der Waals surface area contributed by atoms with Crippen LogP contribution in [-0.2, 0) is 6.54 Å². The van der Waals surface area contributed by atoms with Gasteiger partial charge in [-0.1, -0.05) is 24.3 Å². The summed E-state index contributed by atoms with van der Waals surface area (Å²) in [6.45, 7) is 1.92. The maximum atomic E-state index is 13.1. The molecule has 3 amide bonds. The zero-order valence-electron chi connectivity index (χ0n) is 16.7. The number of urea groups is 1. The third-order valence-electron chi connectivity index (χ3n) is 5.00. The largest absolute Gasteiger partial charge is 0.497 e. The quantitative estimate of drug-likeness (QED) is 0.619. The molecular weight excluding hydrogens is 398 g/mol. The predicted molar refractivity (Wildman–Crippen MR) is 119 cm³/mol. The van der Waals surface area contributed by atoms with Gasteiger partial charge in [0.15, 0.2) is 0 Å². The van der Waals surface area contributed by atoms with Gasteiger partial charge in [0.05, 0.1) is 12.0 Å². The van der Waals surface area contributed by atoms with Crippen molar-refractivity contribution in [3.05, 3.63) is 76.5 Å². The van der Waals surface area contributed by atoms with Crippen molar-refractivity contribution < 1.29 is 14.3 Å². The number of benzene rings is 2. The fourth-order valence-electron chi connectivity index (χ4n) is 3.47. The maximum absolute atomic E-state index is 13.1. The lowest BCUT2D eigenvalue weighted by atomic mass is 10.1. The van der Waals surface area contributed by atoms with Crippen molar-refractivity contribution in [1.29, 1.82) is 0 Å². The van der Waals surface area contributed by atoms with Crippen molar-refractivity contribution in [2.24, 2.45) is 0 Å². The fourth-order valence-corrected chi connectivity index (χ4v) is 4.09. The molecule has 1 fully saturated rings. The molecule has 0 radical (unpaired) electrons. The summed E-state index contributed by atoms with van der Waals surface area (Å²) >= 11 is 1.40. The van der Waals surface area contributed by atoms with E-state index in [1.807, 2.05) is 64.9 Å². The van der Waals surface area contributed by atoms with Crippen LogP contribution in [0, 0.1) is 0 Å². The van der Waals surface area contributed by atoms with E-state index in [1.165, 1.54) is 11.3 Å². The summed E-state index contributed by atoms with van der Waals surface area (Å²) in [5.41, 5.74) is 2.51. The lowest BCUT2D eigenvalue weighted by Crippen LogP contribution is -2.49. The van der Waals surface area contributed by atoms with E-state index in [0.717, 1.165) is 30.0 Å². The Morgan fingerprint density at radius 1 is 1.10 bits per heavy atom. The van der Waals surface area contributed by atoms with Crippen LogP contribution >= 0.6 is 11.3 Å².